The Kier molecular flexibility index (Phi) is 7.83. The number of rotatable bonds is 8. The van der Waals surface area contributed by atoms with Gasteiger partial charge in [-0.15, -0.1) is 0 Å². The van der Waals surface area contributed by atoms with Crippen LogP contribution in [0.2, 0.25) is 5.02 Å². The van der Waals surface area contributed by atoms with E-state index in [1.54, 1.807) is 0 Å². The van der Waals surface area contributed by atoms with E-state index in [0.717, 1.165) is 5.56 Å². The number of carbonyl (C=O) groups excluding carboxylic acids is 2. The fraction of sp³-hybridized carbons (Fsp3) is 0.500. The smallest absolute Gasteiger partial charge is 0.220 e. The molecule has 5 heteroatoms. The Morgan fingerprint density at radius 1 is 1.05 bits per heavy atom. The van der Waals surface area contributed by atoms with Crippen LogP contribution in [-0.2, 0) is 16.0 Å². The Morgan fingerprint density at radius 2 is 1.62 bits per heavy atom. The van der Waals surface area contributed by atoms with Gasteiger partial charge in [-0.05, 0) is 30.0 Å². The Morgan fingerprint density at radius 3 is 2.19 bits per heavy atom. The largest absolute Gasteiger partial charge is 0.354 e. The lowest BCUT2D eigenvalue weighted by atomic mass is 10.1. The van der Waals surface area contributed by atoms with Gasteiger partial charge in [0.25, 0.3) is 0 Å². The average molecular weight is 311 g/mol. The van der Waals surface area contributed by atoms with Crippen LogP contribution in [0.25, 0.3) is 0 Å². The second kappa shape index (κ2) is 9.40. The van der Waals surface area contributed by atoms with Crippen LogP contribution in [0.5, 0.6) is 0 Å². The minimum absolute atomic E-state index is 0.0111. The van der Waals surface area contributed by atoms with E-state index in [1.165, 1.54) is 0 Å². The molecule has 0 aromatic heterocycles. The van der Waals surface area contributed by atoms with Crippen molar-refractivity contribution in [3.63, 3.8) is 0 Å². The van der Waals surface area contributed by atoms with Gasteiger partial charge in [0.05, 0.1) is 0 Å². The van der Waals surface area contributed by atoms with Gasteiger partial charge in [0.2, 0.25) is 11.8 Å². The first kappa shape index (κ1) is 17.5. The summed E-state index contributed by atoms with van der Waals surface area (Å²) in [5.41, 5.74) is 1.08. The highest BCUT2D eigenvalue weighted by atomic mass is 35.5. The zero-order chi connectivity index (χ0) is 15.7. The van der Waals surface area contributed by atoms with E-state index < -0.39 is 0 Å². The van der Waals surface area contributed by atoms with Gasteiger partial charge in [-0.2, -0.15) is 0 Å². The van der Waals surface area contributed by atoms with E-state index in [4.69, 9.17) is 11.6 Å². The normalized spacial score (nSPS) is 10.5. The third-order valence-corrected chi connectivity index (χ3v) is 3.17. The number of hydrogen-bond donors (Lipinski definition) is 2. The molecule has 0 unspecified atom stereocenters. The lowest BCUT2D eigenvalue weighted by molar-refractivity contribution is -0.123. The standard InChI is InChI=1S/C16H23ClN2O2/c1-12(2)11-16(21)19-10-9-18-15(20)8-5-13-3-6-14(17)7-4-13/h3-4,6-7,12H,5,8-11H2,1-2H3,(H,18,20)(H,19,21). The summed E-state index contributed by atoms with van der Waals surface area (Å²) in [5, 5.41) is 6.27. The maximum absolute atomic E-state index is 11.7. The van der Waals surface area contributed by atoms with Gasteiger partial charge in [0, 0.05) is 31.0 Å². The predicted molar refractivity (Wildman–Crippen MR) is 85.2 cm³/mol. The minimum atomic E-state index is -0.0111. The second-order valence-corrected chi connectivity index (χ2v) is 5.86. The van der Waals surface area contributed by atoms with Crippen molar-refractivity contribution in [3.8, 4) is 0 Å². The monoisotopic (exact) mass is 310 g/mol. The van der Waals surface area contributed by atoms with Crippen LogP contribution >= 0.6 is 11.6 Å². The molecule has 0 heterocycles. The lowest BCUT2D eigenvalue weighted by Crippen LogP contribution is -2.35. The van der Waals surface area contributed by atoms with E-state index in [9.17, 15) is 9.59 Å². The Hall–Kier alpha value is -1.55. The van der Waals surface area contributed by atoms with Crippen LogP contribution in [0.1, 0.15) is 32.3 Å². The second-order valence-electron chi connectivity index (χ2n) is 5.42. The van der Waals surface area contributed by atoms with Crippen molar-refractivity contribution in [1.29, 1.82) is 0 Å². The molecule has 21 heavy (non-hydrogen) atoms. The van der Waals surface area contributed by atoms with E-state index in [-0.39, 0.29) is 11.8 Å². The maximum atomic E-state index is 11.7. The third kappa shape index (κ3) is 8.35. The Labute approximate surface area is 131 Å². The van der Waals surface area contributed by atoms with Crippen LogP contribution in [-0.4, -0.2) is 24.9 Å². The summed E-state index contributed by atoms with van der Waals surface area (Å²) in [6.07, 6.45) is 1.63. The first-order chi connectivity index (χ1) is 9.97. The number of nitrogens with one attached hydrogen (secondary N) is 2. The lowest BCUT2D eigenvalue weighted by Gasteiger charge is -2.08. The van der Waals surface area contributed by atoms with Crippen LogP contribution in [0.4, 0.5) is 0 Å². The summed E-state index contributed by atoms with van der Waals surface area (Å²) < 4.78 is 0. The van der Waals surface area contributed by atoms with Crippen molar-refractivity contribution < 1.29 is 9.59 Å². The molecule has 0 radical (unpaired) electrons. The van der Waals surface area contributed by atoms with Crippen molar-refractivity contribution in [2.45, 2.75) is 33.1 Å². The molecule has 4 nitrogen and oxygen atoms in total. The Bertz CT molecular complexity index is 458. The average Bonchev–Trinajstić information content (AvgIpc) is 2.42. The molecule has 2 N–H and O–H groups in total. The topological polar surface area (TPSA) is 58.2 Å². The number of halogens is 1. The molecule has 0 saturated carbocycles. The van der Waals surface area contributed by atoms with Crippen LogP contribution in [0.3, 0.4) is 0 Å². The first-order valence-electron chi connectivity index (χ1n) is 7.25. The van der Waals surface area contributed by atoms with Crippen molar-refractivity contribution in [3.05, 3.63) is 34.9 Å². The van der Waals surface area contributed by atoms with E-state index in [0.29, 0.717) is 43.3 Å². The van der Waals surface area contributed by atoms with Gasteiger partial charge in [-0.3, -0.25) is 9.59 Å². The summed E-state index contributed by atoms with van der Waals surface area (Å²) in [6, 6.07) is 7.47. The molecule has 116 valence electrons. The van der Waals surface area contributed by atoms with Crippen molar-refractivity contribution >= 4 is 23.4 Å². The summed E-state index contributed by atoms with van der Waals surface area (Å²) >= 11 is 5.80. The molecule has 2 amide bonds. The van der Waals surface area contributed by atoms with Crippen LogP contribution in [0, 0.1) is 5.92 Å². The molecule has 0 aliphatic heterocycles. The Balaban J connectivity index is 2.11. The zero-order valence-electron chi connectivity index (χ0n) is 12.6. The number of carbonyl (C=O) groups is 2. The summed E-state index contributed by atoms with van der Waals surface area (Å²) in [5.74, 6) is 0.363. The van der Waals surface area contributed by atoms with Crippen molar-refractivity contribution in [2.24, 2.45) is 5.92 Å². The quantitative estimate of drug-likeness (QED) is 0.725. The third-order valence-electron chi connectivity index (χ3n) is 2.92. The number of amides is 2. The fourth-order valence-electron chi connectivity index (χ4n) is 1.84. The summed E-state index contributed by atoms with van der Waals surface area (Å²) in [6.45, 7) is 4.93. The fourth-order valence-corrected chi connectivity index (χ4v) is 1.97. The molecule has 0 spiro atoms. The number of hydrogen-bond acceptors (Lipinski definition) is 2. The van der Waals surface area contributed by atoms with E-state index in [1.807, 2.05) is 38.1 Å². The van der Waals surface area contributed by atoms with Crippen molar-refractivity contribution in [2.75, 3.05) is 13.1 Å². The molecule has 0 atom stereocenters. The summed E-state index contributed by atoms with van der Waals surface area (Å²) in [4.78, 5) is 23.1. The molecule has 0 bridgehead atoms. The molecule has 1 aromatic carbocycles. The number of benzene rings is 1. The van der Waals surface area contributed by atoms with Gasteiger partial charge in [-0.25, -0.2) is 0 Å². The van der Waals surface area contributed by atoms with Gasteiger partial charge in [-0.1, -0.05) is 37.6 Å². The van der Waals surface area contributed by atoms with E-state index >= 15 is 0 Å². The van der Waals surface area contributed by atoms with Crippen molar-refractivity contribution in [1.82, 2.24) is 10.6 Å². The molecule has 0 aliphatic carbocycles. The zero-order valence-corrected chi connectivity index (χ0v) is 13.4. The van der Waals surface area contributed by atoms with Gasteiger partial charge >= 0.3 is 0 Å². The summed E-state index contributed by atoms with van der Waals surface area (Å²) in [7, 11) is 0. The predicted octanol–water partition coefficient (Wildman–Crippen LogP) is 2.55. The van der Waals surface area contributed by atoms with Gasteiger partial charge in [0.15, 0.2) is 0 Å². The van der Waals surface area contributed by atoms with Gasteiger partial charge < -0.3 is 10.6 Å². The first-order valence-corrected chi connectivity index (χ1v) is 7.63. The highest BCUT2D eigenvalue weighted by molar-refractivity contribution is 6.30. The number of aryl methyl sites for hydroxylation is 1. The molecule has 1 rings (SSSR count). The molecule has 0 aliphatic rings. The maximum Gasteiger partial charge on any atom is 0.220 e. The molecular formula is C16H23ClN2O2. The molecule has 1 aromatic rings. The highest BCUT2D eigenvalue weighted by Crippen LogP contribution is 2.10. The van der Waals surface area contributed by atoms with Gasteiger partial charge in [0.1, 0.15) is 0 Å². The molecular weight excluding hydrogens is 288 g/mol. The van der Waals surface area contributed by atoms with Crippen LogP contribution < -0.4 is 10.6 Å². The van der Waals surface area contributed by atoms with E-state index in [2.05, 4.69) is 10.6 Å². The van der Waals surface area contributed by atoms with Crippen LogP contribution in [0.15, 0.2) is 24.3 Å². The minimum Gasteiger partial charge on any atom is -0.354 e. The molecule has 0 saturated heterocycles. The molecule has 0 fully saturated rings. The SMILES string of the molecule is CC(C)CC(=O)NCCNC(=O)CCc1ccc(Cl)cc1. The highest BCUT2D eigenvalue weighted by Gasteiger charge is 2.05.